The number of ether oxygens (including phenoxy) is 1. The van der Waals surface area contributed by atoms with Gasteiger partial charge in [-0.1, -0.05) is 13.8 Å². The van der Waals surface area contributed by atoms with Crippen LogP contribution in [0.15, 0.2) is 40.1 Å². The fourth-order valence-corrected chi connectivity index (χ4v) is 3.95. The fourth-order valence-electron chi connectivity index (χ4n) is 3.95. The SMILES string of the molecule is C=N/C(=C\C(=N/COc1cc(F)c2[nH]c(C)cc2c1F)N1CCN(C)CC1)Nc1cc(C(C)C)[nH]n1. The normalized spacial score (nSPS) is 15.7. The molecule has 11 heteroatoms. The summed E-state index contributed by atoms with van der Waals surface area (Å²) < 4.78 is 35.0. The summed E-state index contributed by atoms with van der Waals surface area (Å²) in [5.41, 5.74) is 1.77. The molecular formula is C25H32F2N8O. The summed E-state index contributed by atoms with van der Waals surface area (Å²) >= 11 is 0. The number of hydrogen-bond acceptors (Lipinski definition) is 6. The molecule has 0 bridgehead atoms. The number of benzene rings is 1. The van der Waals surface area contributed by atoms with E-state index in [1.807, 2.05) is 6.07 Å². The zero-order chi connectivity index (χ0) is 25.8. The van der Waals surface area contributed by atoms with E-state index in [2.05, 4.69) is 67.9 Å². The van der Waals surface area contributed by atoms with Gasteiger partial charge in [0, 0.05) is 61.2 Å². The first-order chi connectivity index (χ1) is 17.2. The van der Waals surface area contributed by atoms with Crippen LogP contribution in [-0.4, -0.2) is 77.5 Å². The third kappa shape index (κ3) is 5.73. The van der Waals surface area contributed by atoms with Crippen LogP contribution in [0.4, 0.5) is 14.6 Å². The van der Waals surface area contributed by atoms with Crippen LogP contribution in [0.5, 0.6) is 5.75 Å². The molecule has 4 rings (SSSR count). The predicted molar refractivity (Wildman–Crippen MR) is 139 cm³/mol. The van der Waals surface area contributed by atoms with Crippen molar-refractivity contribution in [2.45, 2.75) is 26.7 Å². The summed E-state index contributed by atoms with van der Waals surface area (Å²) in [7, 11) is 2.06. The van der Waals surface area contributed by atoms with E-state index in [1.165, 1.54) is 0 Å². The monoisotopic (exact) mass is 498 g/mol. The molecule has 0 radical (unpaired) electrons. The number of nitrogens with one attached hydrogen (secondary N) is 3. The molecule has 9 nitrogen and oxygen atoms in total. The molecule has 1 saturated heterocycles. The van der Waals surface area contributed by atoms with Gasteiger partial charge < -0.3 is 24.8 Å². The van der Waals surface area contributed by atoms with E-state index in [4.69, 9.17) is 4.74 Å². The highest BCUT2D eigenvalue weighted by Crippen LogP contribution is 2.29. The van der Waals surface area contributed by atoms with Crippen LogP contribution in [0, 0.1) is 18.6 Å². The maximum absolute atomic E-state index is 14.9. The summed E-state index contributed by atoms with van der Waals surface area (Å²) in [5.74, 6) is 0.558. The molecule has 1 aromatic carbocycles. The highest BCUT2D eigenvalue weighted by Gasteiger charge is 2.19. The minimum absolute atomic E-state index is 0.119. The number of piperazine rings is 1. The Balaban J connectivity index is 1.57. The van der Waals surface area contributed by atoms with E-state index in [1.54, 1.807) is 19.1 Å². The van der Waals surface area contributed by atoms with Crippen molar-refractivity contribution < 1.29 is 13.5 Å². The number of rotatable bonds is 8. The quantitative estimate of drug-likeness (QED) is 0.319. The van der Waals surface area contributed by atoms with Gasteiger partial charge in [0.2, 0.25) is 0 Å². The number of halogens is 2. The number of likely N-dealkylation sites (N-methyl/N-ethyl adjacent to an activating group) is 1. The van der Waals surface area contributed by atoms with E-state index in [0.29, 0.717) is 29.1 Å². The largest absolute Gasteiger partial charge is 0.468 e. The van der Waals surface area contributed by atoms with Crippen molar-refractivity contribution in [3.63, 3.8) is 0 Å². The second kappa shape index (κ2) is 10.9. The average Bonchev–Trinajstić information content (AvgIpc) is 3.48. The number of nitrogens with zero attached hydrogens (tertiary/aromatic N) is 5. The number of anilines is 1. The summed E-state index contributed by atoms with van der Waals surface area (Å²) in [6, 6.07) is 4.50. The van der Waals surface area contributed by atoms with E-state index >= 15 is 0 Å². The van der Waals surface area contributed by atoms with Gasteiger partial charge in [-0.05, 0) is 32.7 Å². The first kappa shape index (κ1) is 25.4. The molecule has 0 unspecified atom stereocenters. The van der Waals surface area contributed by atoms with Crippen molar-refractivity contribution in [3.05, 3.63) is 53.1 Å². The molecule has 0 spiro atoms. The maximum atomic E-state index is 14.9. The van der Waals surface area contributed by atoms with Crippen molar-refractivity contribution in [1.82, 2.24) is 25.0 Å². The number of amidine groups is 1. The Hall–Kier alpha value is -3.73. The van der Waals surface area contributed by atoms with Crippen molar-refractivity contribution in [2.24, 2.45) is 9.98 Å². The molecule has 0 amide bonds. The molecule has 0 atom stereocenters. The van der Waals surface area contributed by atoms with Crippen molar-refractivity contribution in [2.75, 3.05) is 45.3 Å². The summed E-state index contributed by atoms with van der Waals surface area (Å²) in [6.45, 7) is 12.6. The average molecular weight is 499 g/mol. The Bertz CT molecular complexity index is 1280. The van der Waals surface area contributed by atoms with Gasteiger partial charge in [0.25, 0.3) is 0 Å². The number of aromatic nitrogens is 3. The Morgan fingerprint density at radius 1 is 1.25 bits per heavy atom. The smallest absolute Gasteiger partial charge is 0.181 e. The van der Waals surface area contributed by atoms with Crippen LogP contribution in [0.1, 0.15) is 31.2 Å². The summed E-state index contributed by atoms with van der Waals surface area (Å²) in [5, 5.41) is 10.6. The third-order valence-corrected chi connectivity index (χ3v) is 6.09. The zero-order valence-corrected chi connectivity index (χ0v) is 21.0. The lowest BCUT2D eigenvalue weighted by atomic mass is 10.1. The van der Waals surface area contributed by atoms with Gasteiger partial charge in [0.1, 0.15) is 11.7 Å². The van der Waals surface area contributed by atoms with Gasteiger partial charge in [0.05, 0.1) is 5.52 Å². The van der Waals surface area contributed by atoms with Gasteiger partial charge in [-0.25, -0.2) is 18.8 Å². The minimum atomic E-state index is -0.628. The number of aromatic amines is 2. The van der Waals surface area contributed by atoms with E-state index in [0.717, 1.165) is 37.9 Å². The van der Waals surface area contributed by atoms with E-state index in [-0.39, 0.29) is 23.4 Å². The highest BCUT2D eigenvalue weighted by atomic mass is 19.1. The summed E-state index contributed by atoms with van der Waals surface area (Å²) in [6.07, 6.45) is 1.75. The Labute approximate surface area is 208 Å². The molecule has 36 heavy (non-hydrogen) atoms. The fraction of sp³-hybridized carbons (Fsp3) is 0.400. The molecule has 2 aromatic heterocycles. The molecule has 3 aromatic rings. The number of H-pyrrole nitrogens is 2. The topological polar surface area (TPSA) is 96.9 Å². The first-order valence-electron chi connectivity index (χ1n) is 11.8. The second-order valence-electron chi connectivity index (χ2n) is 9.17. The van der Waals surface area contributed by atoms with Crippen LogP contribution in [0.3, 0.4) is 0 Å². The predicted octanol–water partition coefficient (Wildman–Crippen LogP) is 4.24. The van der Waals surface area contributed by atoms with E-state index in [9.17, 15) is 8.78 Å². The standard InChI is InChI=1S/C25H32F2N8O/c1-15(2)19-12-22(33-32-19)31-21(28-4)13-23(35-8-6-34(5)7-9-35)29-14-36-20-11-18(26)25-17(24(20)27)10-16(3)30-25/h10-13,15,30H,4,6-9,14H2,1-3,5H3,(H2,31,32,33)/b21-13+,29-23+. The van der Waals surface area contributed by atoms with Crippen LogP contribution in [0.25, 0.3) is 10.9 Å². The Morgan fingerprint density at radius 2 is 2.00 bits per heavy atom. The first-order valence-corrected chi connectivity index (χ1v) is 11.8. The van der Waals surface area contributed by atoms with Gasteiger partial charge in [-0.15, -0.1) is 0 Å². The molecule has 192 valence electrons. The van der Waals surface area contributed by atoms with Gasteiger partial charge >= 0.3 is 0 Å². The summed E-state index contributed by atoms with van der Waals surface area (Å²) in [4.78, 5) is 15.8. The van der Waals surface area contributed by atoms with E-state index < -0.39 is 11.6 Å². The molecule has 1 aliphatic heterocycles. The van der Waals surface area contributed by atoms with Crippen LogP contribution < -0.4 is 10.1 Å². The van der Waals surface area contributed by atoms with Gasteiger partial charge in [0.15, 0.2) is 29.9 Å². The van der Waals surface area contributed by atoms with Crippen LogP contribution >= 0.6 is 0 Å². The zero-order valence-electron chi connectivity index (χ0n) is 21.0. The number of fused-ring (bicyclic) bond motifs is 1. The number of aryl methyl sites for hydroxylation is 1. The van der Waals surface area contributed by atoms with Crippen molar-refractivity contribution in [1.29, 1.82) is 0 Å². The second-order valence-corrected chi connectivity index (χ2v) is 9.17. The Kier molecular flexibility index (Phi) is 7.68. The third-order valence-electron chi connectivity index (χ3n) is 6.09. The molecule has 0 saturated carbocycles. The molecule has 3 heterocycles. The van der Waals surface area contributed by atoms with Gasteiger partial charge in [-0.2, -0.15) is 5.10 Å². The highest BCUT2D eigenvalue weighted by molar-refractivity contribution is 5.94. The molecular weight excluding hydrogens is 466 g/mol. The lowest BCUT2D eigenvalue weighted by Crippen LogP contribution is -2.47. The lowest BCUT2D eigenvalue weighted by Gasteiger charge is -2.33. The Morgan fingerprint density at radius 3 is 2.67 bits per heavy atom. The minimum Gasteiger partial charge on any atom is -0.468 e. The van der Waals surface area contributed by atoms with Crippen molar-refractivity contribution >= 4 is 29.3 Å². The number of aliphatic imine (C=N–C) groups is 2. The lowest BCUT2D eigenvalue weighted by molar-refractivity contribution is 0.214. The van der Waals surface area contributed by atoms with Crippen LogP contribution in [-0.2, 0) is 0 Å². The number of hydrogen-bond donors (Lipinski definition) is 3. The molecule has 3 N–H and O–H groups in total. The maximum Gasteiger partial charge on any atom is 0.181 e. The van der Waals surface area contributed by atoms with Gasteiger partial charge in [-0.3, -0.25) is 5.10 Å². The van der Waals surface area contributed by atoms with Crippen molar-refractivity contribution in [3.8, 4) is 5.75 Å². The molecule has 1 fully saturated rings. The molecule has 0 aliphatic carbocycles. The molecule has 1 aliphatic rings. The van der Waals surface area contributed by atoms with Crippen LogP contribution in [0.2, 0.25) is 0 Å².